The van der Waals surface area contributed by atoms with Crippen molar-refractivity contribution in [2.24, 2.45) is 11.3 Å². The van der Waals surface area contributed by atoms with Gasteiger partial charge in [0.15, 0.2) is 0 Å². The highest BCUT2D eigenvalue weighted by molar-refractivity contribution is 5.95. The van der Waals surface area contributed by atoms with E-state index >= 15 is 0 Å². The predicted molar refractivity (Wildman–Crippen MR) is 140 cm³/mol. The molecule has 1 N–H and O–H groups in total. The standard InChI is InChI=1S/C31H36O4/c1-5-12-30(3)17-21-13-20(2)35-31(18-21,19-30)27-16-25(10-11-28(27)34-4)23-6-7-24-15-26(29(32)33)9-8-22(24)14-23/h6-11,14-16,20-21H,5,12-13,17-19H2,1-4H3,(H,32,33). The molecule has 1 aliphatic carbocycles. The van der Waals surface area contributed by atoms with E-state index in [1.165, 1.54) is 19.3 Å². The Kier molecular flexibility index (Phi) is 6.13. The summed E-state index contributed by atoms with van der Waals surface area (Å²) in [4.78, 5) is 11.4. The first kappa shape index (κ1) is 23.9. The van der Waals surface area contributed by atoms with Crippen molar-refractivity contribution in [2.45, 2.75) is 71.0 Å². The van der Waals surface area contributed by atoms with Crippen molar-refractivity contribution in [3.63, 3.8) is 0 Å². The number of aromatic carboxylic acids is 1. The highest BCUT2D eigenvalue weighted by Gasteiger charge is 2.52. The molecule has 184 valence electrons. The summed E-state index contributed by atoms with van der Waals surface area (Å²) in [5.41, 5.74) is 3.64. The minimum absolute atomic E-state index is 0.234. The number of rotatable bonds is 6. The molecule has 4 unspecified atom stereocenters. The van der Waals surface area contributed by atoms with Crippen LogP contribution in [0.2, 0.25) is 0 Å². The van der Waals surface area contributed by atoms with Crippen LogP contribution in [-0.4, -0.2) is 24.3 Å². The molecule has 1 saturated heterocycles. The Balaban J connectivity index is 1.59. The molecule has 35 heavy (non-hydrogen) atoms. The zero-order valence-corrected chi connectivity index (χ0v) is 21.3. The van der Waals surface area contributed by atoms with Crippen molar-refractivity contribution in [2.75, 3.05) is 7.11 Å². The lowest BCUT2D eigenvalue weighted by Gasteiger charge is -2.54. The number of ether oxygens (including phenoxy) is 2. The average Bonchev–Trinajstić information content (AvgIpc) is 2.82. The van der Waals surface area contributed by atoms with E-state index in [0.29, 0.717) is 11.5 Å². The Bertz CT molecular complexity index is 1260. The van der Waals surface area contributed by atoms with E-state index in [2.05, 4.69) is 51.1 Å². The smallest absolute Gasteiger partial charge is 0.335 e. The molecule has 1 saturated carbocycles. The Morgan fingerprint density at radius 1 is 1.06 bits per heavy atom. The van der Waals surface area contributed by atoms with Crippen LogP contribution < -0.4 is 4.74 Å². The van der Waals surface area contributed by atoms with E-state index in [4.69, 9.17) is 9.47 Å². The van der Waals surface area contributed by atoms with Crippen LogP contribution >= 0.6 is 0 Å². The van der Waals surface area contributed by atoms with Crippen molar-refractivity contribution >= 4 is 16.7 Å². The largest absolute Gasteiger partial charge is 0.496 e. The molecule has 2 aliphatic rings. The molecule has 0 aromatic heterocycles. The molecule has 3 aromatic carbocycles. The van der Waals surface area contributed by atoms with Crippen LogP contribution in [0.3, 0.4) is 0 Å². The Morgan fingerprint density at radius 2 is 1.77 bits per heavy atom. The van der Waals surface area contributed by atoms with Crippen LogP contribution in [0.25, 0.3) is 21.9 Å². The molecule has 4 nitrogen and oxygen atoms in total. The summed E-state index contributed by atoms with van der Waals surface area (Å²) >= 11 is 0. The Labute approximate surface area is 208 Å². The van der Waals surface area contributed by atoms with Gasteiger partial charge in [-0.15, -0.1) is 0 Å². The first-order valence-corrected chi connectivity index (χ1v) is 12.9. The van der Waals surface area contributed by atoms with Gasteiger partial charge in [0.05, 0.1) is 24.4 Å². The van der Waals surface area contributed by atoms with Crippen LogP contribution in [0, 0.1) is 11.3 Å². The van der Waals surface area contributed by atoms with Crippen molar-refractivity contribution in [3.05, 3.63) is 65.7 Å². The molecular weight excluding hydrogens is 436 g/mol. The third-order valence-electron chi connectivity index (χ3n) is 8.17. The molecule has 3 aromatic rings. The number of benzene rings is 3. The van der Waals surface area contributed by atoms with Crippen molar-refractivity contribution < 1.29 is 19.4 Å². The van der Waals surface area contributed by atoms with Gasteiger partial charge < -0.3 is 14.6 Å². The first-order valence-electron chi connectivity index (χ1n) is 12.9. The minimum atomic E-state index is -0.905. The van der Waals surface area contributed by atoms with Crippen molar-refractivity contribution in [1.29, 1.82) is 0 Å². The zero-order valence-electron chi connectivity index (χ0n) is 21.3. The highest BCUT2D eigenvalue weighted by Crippen LogP contribution is 2.58. The van der Waals surface area contributed by atoms with Crippen LogP contribution in [0.4, 0.5) is 0 Å². The highest BCUT2D eigenvalue weighted by atomic mass is 16.5. The van der Waals surface area contributed by atoms with Gasteiger partial charge in [0.1, 0.15) is 5.75 Å². The van der Waals surface area contributed by atoms with Gasteiger partial charge in [-0.25, -0.2) is 4.79 Å². The molecular formula is C31H36O4. The monoisotopic (exact) mass is 472 g/mol. The molecule has 2 bridgehead atoms. The molecule has 0 radical (unpaired) electrons. The van der Waals surface area contributed by atoms with Crippen molar-refractivity contribution in [1.82, 2.24) is 0 Å². The number of fused-ring (bicyclic) bond motifs is 3. The molecule has 1 heterocycles. The number of carbonyl (C=O) groups is 1. The third-order valence-corrected chi connectivity index (χ3v) is 8.17. The number of carboxylic acid groups (broad SMARTS) is 1. The second kappa shape index (κ2) is 8.98. The topological polar surface area (TPSA) is 55.8 Å². The third kappa shape index (κ3) is 4.45. The van der Waals surface area contributed by atoms with E-state index in [-0.39, 0.29) is 17.1 Å². The average molecular weight is 473 g/mol. The number of methoxy groups -OCH3 is 1. The fraction of sp³-hybridized carbons (Fsp3) is 0.452. The maximum atomic E-state index is 11.4. The quantitative estimate of drug-likeness (QED) is 0.397. The first-order chi connectivity index (χ1) is 16.7. The van der Waals surface area contributed by atoms with Gasteiger partial charge in [0, 0.05) is 5.56 Å². The summed E-state index contributed by atoms with van der Waals surface area (Å²) in [7, 11) is 1.75. The van der Waals surface area contributed by atoms with E-state index in [1.54, 1.807) is 19.2 Å². The van der Waals surface area contributed by atoms with E-state index < -0.39 is 5.97 Å². The van der Waals surface area contributed by atoms with Crippen LogP contribution in [0.15, 0.2) is 54.6 Å². The molecule has 4 heteroatoms. The van der Waals surface area contributed by atoms with Gasteiger partial charge in [0.2, 0.25) is 0 Å². The molecule has 2 fully saturated rings. The van der Waals surface area contributed by atoms with Gasteiger partial charge in [-0.2, -0.15) is 0 Å². The van der Waals surface area contributed by atoms with E-state index in [1.807, 2.05) is 12.1 Å². The molecule has 0 amide bonds. The van der Waals surface area contributed by atoms with Gasteiger partial charge in [0.25, 0.3) is 0 Å². The van der Waals surface area contributed by atoms with Crippen molar-refractivity contribution in [3.8, 4) is 16.9 Å². The summed E-state index contributed by atoms with van der Waals surface area (Å²) in [6.45, 7) is 6.95. The SMILES string of the molecule is CCCC1(C)CC2CC(C)OC(c3cc(-c4ccc5cc(C(=O)O)ccc5c4)ccc3OC)(C2)C1. The summed E-state index contributed by atoms with van der Waals surface area (Å²) in [5, 5.41) is 11.3. The fourth-order valence-corrected chi connectivity index (χ4v) is 7.09. The minimum Gasteiger partial charge on any atom is -0.496 e. The maximum absolute atomic E-state index is 11.4. The summed E-state index contributed by atoms with van der Waals surface area (Å²) < 4.78 is 12.8. The summed E-state index contributed by atoms with van der Waals surface area (Å²) in [6, 6.07) is 18.0. The maximum Gasteiger partial charge on any atom is 0.335 e. The molecule has 0 spiro atoms. The number of carboxylic acids is 1. The van der Waals surface area contributed by atoms with Crippen LogP contribution in [0.5, 0.6) is 5.75 Å². The second-order valence-electron chi connectivity index (χ2n) is 11.2. The predicted octanol–water partition coefficient (Wildman–Crippen LogP) is 7.82. The molecule has 4 atom stereocenters. The van der Waals surface area contributed by atoms with E-state index in [0.717, 1.165) is 52.5 Å². The lowest BCUT2D eigenvalue weighted by Crippen LogP contribution is -2.49. The lowest BCUT2D eigenvalue weighted by molar-refractivity contribution is -0.194. The summed E-state index contributed by atoms with van der Waals surface area (Å²) in [5.74, 6) is 0.661. The number of hydrogen-bond donors (Lipinski definition) is 1. The van der Waals surface area contributed by atoms with Gasteiger partial charge in [-0.1, -0.05) is 44.5 Å². The van der Waals surface area contributed by atoms with E-state index in [9.17, 15) is 9.90 Å². The van der Waals surface area contributed by atoms with Gasteiger partial charge in [-0.05, 0) is 103 Å². The van der Waals surface area contributed by atoms with Gasteiger partial charge >= 0.3 is 5.97 Å². The van der Waals surface area contributed by atoms with Crippen LogP contribution in [-0.2, 0) is 10.3 Å². The lowest BCUT2D eigenvalue weighted by atomic mass is 9.58. The Hall–Kier alpha value is -2.85. The Morgan fingerprint density at radius 3 is 2.51 bits per heavy atom. The summed E-state index contributed by atoms with van der Waals surface area (Å²) in [6.07, 6.45) is 7.11. The normalized spacial score (nSPS) is 28.1. The molecule has 5 rings (SSSR count). The van der Waals surface area contributed by atoms with Gasteiger partial charge in [-0.3, -0.25) is 0 Å². The zero-order chi connectivity index (χ0) is 24.8. The number of hydrogen-bond acceptors (Lipinski definition) is 3. The fourth-order valence-electron chi connectivity index (χ4n) is 7.09. The molecule has 1 aliphatic heterocycles. The van der Waals surface area contributed by atoms with Crippen LogP contribution in [0.1, 0.15) is 75.2 Å². The second-order valence-corrected chi connectivity index (χ2v) is 11.2.